The van der Waals surface area contributed by atoms with Crippen LogP contribution in [-0.4, -0.2) is 62.1 Å². The molecule has 3 aromatic carbocycles. The van der Waals surface area contributed by atoms with E-state index in [0.29, 0.717) is 37.6 Å². The lowest BCUT2D eigenvalue weighted by molar-refractivity contribution is -0.140. The number of hydrogen-bond acceptors (Lipinski definition) is 6. The summed E-state index contributed by atoms with van der Waals surface area (Å²) in [6.45, 7) is 8.59. The Morgan fingerprint density at radius 2 is 1.63 bits per heavy atom. The molecule has 1 aromatic heterocycles. The molecular formula is C33H41N3O5. The van der Waals surface area contributed by atoms with E-state index in [1.807, 2.05) is 90.5 Å². The number of fused-ring (bicyclic) bond motifs is 1. The largest absolute Gasteiger partial charge is 0.489 e. The van der Waals surface area contributed by atoms with Crippen LogP contribution in [-0.2, 0) is 24.4 Å². The van der Waals surface area contributed by atoms with Crippen LogP contribution >= 0.6 is 0 Å². The third-order valence-corrected chi connectivity index (χ3v) is 7.02. The van der Waals surface area contributed by atoms with Gasteiger partial charge >= 0.3 is 0 Å². The lowest BCUT2D eigenvalue weighted by atomic mass is 10.1. The maximum absolute atomic E-state index is 12.9. The van der Waals surface area contributed by atoms with Crippen LogP contribution in [0.1, 0.15) is 38.8 Å². The van der Waals surface area contributed by atoms with Gasteiger partial charge in [0, 0.05) is 35.8 Å². The number of carbonyl (C=O) groups is 1. The molecule has 0 fully saturated rings. The zero-order valence-electron chi connectivity index (χ0n) is 24.3. The summed E-state index contributed by atoms with van der Waals surface area (Å²) in [4.78, 5) is 20.7. The molecule has 0 spiro atoms. The average molecular weight is 560 g/mol. The summed E-state index contributed by atoms with van der Waals surface area (Å²) in [5.74, 6) is 1.17. The maximum Gasteiger partial charge on any atom is 0.244 e. The van der Waals surface area contributed by atoms with E-state index in [-0.39, 0.29) is 18.5 Å². The second-order valence-corrected chi connectivity index (χ2v) is 10.5. The van der Waals surface area contributed by atoms with E-state index < -0.39 is 12.3 Å². The zero-order valence-corrected chi connectivity index (χ0v) is 24.3. The number of benzene rings is 3. The number of nitrogens with zero attached hydrogens (tertiary/aromatic N) is 3. The van der Waals surface area contributed by atoms with Crippen molar-refractivity contribution in [3.8, 4) is 11.5 Å². The van der Waals surface area contributed by atoms with Gasteiger partial charge < -0.3 is 29.3 Å². The number of rotatable bonds is 14. The number of amides is 1. The number of hydroxylamine groups is 2. The topological polar surface area (TPSA) is 87.4 Å². The van der Waals surface area contributed by atoms with Gasteiger partial charge in [-0.3, -0.25) is 4.79 Å². The third-order valence-electron chi connectivity index (χ3n) is 7.02. The van der Waals surface area contributed by atoms with Crippen LogP contribution in [0.15, 0.2) is 85.1 Å². The Morgan fingerprint density at radius 3 is 2.34 bits per heavy atom. The van der Waals surface area contributed by atoms with Gasteiger partial charge in [0.2, 0.25) is 5.91 Å². The van der Waals surface area contributed by atoms with Gasteiger partial charge in [-0.05, 0) is 63.4 Å². The Hall–Kier alpha value is -3.85. The molecule has 218 valence electrons. The molecule has 1 heterocycles. The molecule has 0 bridgehead atoms. The van der Waals surface area contributed by atoms with Gasteiger partial charge in [-0.1, -0.05) is 54.6 Å². The number of aliphatic hydroxyl groups is 2. The normalized spacial score (nSPS) is 13.6. The molecule has 1 amide bonds. The van der Waals surface area contributed by atoms with E-state index >= 15 is 0 Å². The van der Waals surface area contributed by atoms with Crippen LogP contribution in [0.25, 0.3) is 10.9 Å². The minimum Gasteiger partial charge on any atom is -0.489 e. The number of para-hydroxylation sites is 1. The molecule has 0 aliphatic rings. The molecule has 0 aliphatic heterocycles. The number of likely N-dealkylation sites (N-methyl/N-ethyl adjacent to an activating group) is 1. The summed E-state index contributed by atoms with van der Waals surface area (Å²) in [5.41, 5.74) is 3.11. The summed E-state index contributed by atoms with van der Waals surface area (Å²) in [7, 11) is 0. The molecular weight excluding hydrogens is 518 g/mol. The van der Waals surface area contributed by atoms with Crippen molar-refractivity contribution < 1.29 is 24.6 Å². The molecule has 8 heteroatoms. The lowest BCUT2D eigenvalue weighted by Crippen LogP contribution is -2.41. The number of aliphatic hydroxyl groups excluding tert-OH is 2. The molecule has 0 aliphatic carbocycles. The van der Waals surface area contributed by atoms with Gasteiger partial charge in [-0.25, -0.2) is 0 Å². The third kappa shape index (κ3) is 8.10. The van der Waals surface area contributed by atoms with Crippen molar-refractivity contribution in [2.45, 2.75) is 65.6 Å². The van der Waals surface area contributed by atoms with Crippen molar-refractivity contribution in [1.82, 2.24) is 14.5 Å². The molecule has 3 atom stereocenters. The Labute approximate surface area is 242 Å². The second kappa shape index (κ2) is 14.2. The van der Waals surface area contributed by atoms with Crippen LogP contribution < -0.4 is 9.57 Å². The minimum atomic E-state index is -0.845. The highest BCUT2D eigenvalue weighted by atomic mass is 16.7. The number of aromatic nitrogens is 1. The van der Waals surface area contributed by atoms with E-state index in [1.54, 1.807) is 18.9 Å². The lowest BCUT2D eigenvalue weighted by Gasteiger charge is -2.29. The molecule has 0 saturated carbocycles. The SMILES string of the molecule is CCN(C(=O)Cn1cc(C[C@@H](C)N(C[C@H](C)O)Oc2cccc(OCc3ccccc3)c2)c2ccccc21)C(C)O. The fourth-order valence-corrected chi connectivity index (χ4v) is 4.99. The van der Waals surface area contributed by atoms with Crippen molar-refractivity contribution in [1.29, 1.82) is 0 Å². The quantitative estimate of drug-likeness (QED) is 0.167. The summed E-state index contributed by atoms with van der Waals surface area (Å²) in [6.07, 6.45) is 1.19. The molecule has 2 N–H and O–H groups in total. The smallest absolute Gasteiger partial charge is 0.244 e. The molecule has 4 aromatic rings. The zero-order chi connectivity index (χ0) is 29.4. The highest BCUT2D eigenvalue weighted by Crippen LogP contribution is 2.26. The van der Waals surface area contributed by atoms with Crippen molar-refractivity contribution in [3.63, 3.8) is 0 Å². The Balaban J connectivity index is 1.50. The van der Waals surface area contributed by atoms with E-state index in [2.05, 4.69) is 13.0 Å². The summed E-state index contributed by atoms with van der Waals surface area (Å²) in [6, 6.07) is 25.4. The van der Waals surface area contributed by atoms with Crippen molar-refractivity contribution in [2.75, 3.05) is 13.1 Å². The fourth-order valence-electron chi connectivity index (χ4n) is 4.99. The van der Waals surface area contributed by atoms with Crippen molar-refractivity contribution in [3.05, 3.63) is 96.2 Å². The molecule has 4 rings (SSSR count). The second-order valence-electron chi connectivity index (χ2n) is 10.5. The highest BCUT2D eigenvalue weighted by molar-refractivity contribution is 5.86. The van der Waals surface area contributed by atoms with Crippen LogP contribution in [0.5, 0.6) is 11.5 Å². The van der Waals surface area contributed by atoms with E-state index in [9.17, 15) is 15.0 Å². The first kappa shape index (κ1) is 30.1. The number of hydrogen-bond donors (Lipinski definition) is 2. The van der Waals surface area contributed by atoms with Gasteiger partial charge in [0.1, 0.15) is 25.1 Å². The predicted octanol–water partition coefficient (Wildman–Crippen LogP) is 5.01. The van der Waals surface area contributed by atoms with Crippen molar-refractivity contribution >= 4 is 16.8 Å². The molecule has 41 heavy (non-hydrogen) atoms. The van der Waals surface area contributed by atoms with Crippen LogP contribution in [0.4, 0.5) is 0 Å². The summed E-state index contributed by atoms with van der Waals surface area (Å²) < 4.78 is 7.92. The maximum atomic E-state index is 12.9. The Bertz CT molecular complexity index is 1400. The van der Waals surface area contributed by atoms with Gasteiger partial charge in [0.05, 0.1) is 12.6 Å². The standard InChI is InChI=1S/C33H41N3O5/c1-5-35(26(4)38)33(39)22-34-21-28(31-16-9-10-17-32(31)34)18-24(2)36(20-25(3)37)41-30-15-11-14-29(19-30)40-23-27-12-7-6-8-13-27/h6-17,19,21,24-26,37-38H,5,18,20,22-23H2,1-4H3/t24-,25+,26?/m1/s1. The molecule has 1 unspecified atom stereocenters. The molecule has 0 radical (unpaired) electrons. The average Bonchev–Trinajstić information content (AvgIpc) is 3.29. The van der Waals surface area contributed by atoms with Gasteiger partial charge in [-0.2, -0.15) is 0 Å². The molecule has 8 nitrogen and oxygen atoms in total. The summed E-state index contributed by atoms with van der Waals surface area (Å²) >= 11 is 0. The molecule has 0 saturated heterocycles. The fraction of sp³-hybridized carbons (Fsp3) is 0.364. The highest BCUT2D eigenvalue weighted by Gasteiger charge is 2.23. The monoisotopic (exact) mass is 559 g/mol. The van der Waals surface area contributed by atoms with Crippen molar-refractivity contribution in [2.24, 2.45) is 0 Å². The Kier molecular flexibility index (Phi) is 10.4. The van der Waals surface area contributed by atoms with Gasteiger partial charge in [0.15, 0.2) is 5.75 Å². The minimum absolute atomic E-state index is 0.0990. The van der Waals surface area contributed by atoms with Gasteiger partial charge in [-0.15, -0.1) is 5.06 Å². The van der Waals surface area contributed by atoms with Crippen LogP contribution in [0.3, 0.4) is 0 Å². The van der Waals surface area contributed by atoms with Crippen LogP contribution in [0, 0.1) is 0 Å². The predicted molar refractivity (Wildman–Crippen MR) is 160 cm³/mol. The van der Waals surface area contributed by atoms with Gasteiger partial charge in [0.25, 0.3) is 0 Å². The number of carbonyl (C=O) groups excluding carboxylic acids is 1. The Morgan fingerprint density at radius 1 is 0.927 bits per heavy atom. The first-order valence-corrected chi connectivity index (χ1v) is 14.2. The number of ether oxygens (including phenoxy) is 1. The first-order valence-electron chi connectivity index (χ1n) is 14.2. The van der Waals surface area contributed by atoms with Crippen LogP contribution in [0.2, 0.25) is 0 Å². The van der Waals surface area contributed by atoms with E-state index in [4.69, 9.17) is 9.57 Å². The summed E-state index contributed by atoms with van der Waals surface area (Å²) in [5, 5.41) is 23.1. The van der Waals surface area contributed by atoms with E-state index in [1.165, 1.54) is 4.90 Å². The first-order chi connectivity index (χ1) is 19.7. The van der Waals surface area contributed by atoms with E-state index in [0.717, 1.165) is 22.0 Å².